The molecule has 0 saturated carbocycles. The Morgan fingerprint density at radius 2 is 2.21 bits per heavy atom. The molecule has 0 atom stereocenters. The van der Waals surface area contributed by atoms with Crippen molar-refractivity contribution in [2.24, 2.45) is 0 Å². The SMILES string of the molecule is COc1ccc(NCc2ccc(Br)o2)cc1[N+](=O)[O-]. The average Bonchev–Trinajstić information content (AvgIpc) is 2.81. The van der Waals surface area contributed by atoms with E-state index in [4.69, 9.17) is 9.15 Å². The number of anilines is 1. The van der Waals surface area contributed by atoms with E-state index in [2.05, 4.69) is 21.2 Å². The predicted octanol–water partition coefficient (Wildman–Crippen LogP) is 3.57. The molecule has 1 aromatic carbocycles. The van der Waals surface area contributed by atoms with Crippen molar-refractivity contribution in [1.82, 2.24) is 0 Å². The van der Waals surface area contributed by atoms with E-state index in [1.165, 1.54) is 13.2 Å². The zero-order chi connectivity index (χ0) is 13.8. The van der Waals surface area contributed by atoms with E-state index in [0.29, 0.717) is 16.9 Å². The highest BCUT2D eigenvalue weighted by Gasteiger charge is 2.15. The number of furan rings is 1. The highest BCUT2D eigenvalue weighted by Crippen LogP contribution is 2.29. The van der Waals surface area contributed by atoms with Crippen LogP contribution in [0.1, 0.15) is 5.76 Å². The van der Waals surface area contributed by atoms with Gasteiger partial charge in [0.1, 0.15) is 5.76 Å². The van der Waals surface area contributed by atoms with Crippen LogP contribution in [0.5, 0.6) is 5.75 Å². The molecule has 2 rings (SSSR count). The number of halogens is 1. The predicted molar refractivity (Wildman–Crippen MR) is 73.4 cm³/mol. The number of methoxy groups -OCH3 is 1. The molecule has 1 heterocycles. The topological polar surface area (TPSA) is 77.5 Å². The van der Waals surface area contributed by atoms with Gasteiger partial charge in [-0.2, -0.15) is 0 Å². The largest absolute Gasteiger partial charge is 0.490 e. The van der Waals surface area contributed by atoms with Crippen LogP contribution in [-0.2, 0) is 6.54 Å². The molecule has 0 radical (unpaired) electrons. The quantitative estimate of drug-likeness (QED) is 0.671. The number of rotatable bonds is 5. The third kappa shape index (κ3) is 3.25. The molecule has 0 saturated heterocycles. The molecule has 19 heavy (non-hydrogen) atoms. The monoisotopic (exact) mass is 326 g/mol. The Morgan fingerprint density at radius 3 is 2.79 bits per heavy atom. The first-order valence-electron chi connectivity index (χ1n) is 5.40. The van der Waals surface area contributed by atoms with Crippen molar-refractivity contribution >= 4 is 27.3 Å². The van der Waals surface area contributed by atoms with Gasteiger partial charge >= 0.3 is 5.69 Å². The van der Waals surface area contributed by atoms with Crippen LogP contribution in [0.15, 0.2) is 39.4 Å². The Balaban J connectivity index is 2.12. The minimum Gasteiger partial charge on any atom is -0.490 e. The van der Waals surface area contributed by atoms with E-state index in [1.54, 1.807) is 18.2 Å². The van der Waals surface area contributed by atoms with Crippen LogP contribution >= 0.6 is 15.9 Å². The molecule has 1 aromatic heterocycles. The van der Waals surface area contributed by atoms with Crippen molar-refractivity contribution in [2.75, 3.05) is 12.4 Å². The smallest absolute Gasteiger partial charge is 0.312 e. The van der Waals surface area contributed by atoms with Crippen LogP contribution in [0.25, 0.3) is 0 Å². The first kappa shape index (κ1) is 13.4. The molecule has 0 aliphatic rings. The minimum atomic E-state index is -0.479. The van der Waals surface area contributed by atoms with E-state index in [1.807, 2.05) is 6.07 Å². The summed E-state index contributed by atoms with van der Waals surface area (Å²) >= 11 is 3.21. The first-order chi connectivity index (χ1) is 9.10. The molecule has 0 aliphatic heterocycles. The zero-order valence-corrected chi connectivity index (χ0v) is 11.6. The van der Waals surface area contributed by atoms with Gasteiger partial charge in [-0.25, -0.2) is 0 Å². The number of nitrogens with one attached hydrogen (secondary N) is 1. The molecule has 6 nitrogen and oxygen atoms in total. The van der Waals surface area contributed by atoms with Crippen LogP contribution in [0, 0.1) is 10.1 Å². The Bertz CT molecular complexity index is 597. The van der Waals surface area contributed by atoms with Crippen molar-refractivity contribution in [3.05, 3.63) is 50.9 Å². The van der Waals surface area contributed by atoms with E-state index in [9.17, 15) is 10.1 Å². The second-order valence-corrected chi connectivity index (χ2v) is 4.48. The average molecular weight is 327 g/mol. The Labute approximate surface area is 117 Å². The summed E-state index contributed by atoms with van der Waals surface area (Å²) in [5.41, 5.74) is 0.549. The van der Waals surface area contributed by atoms with Crippen molar-refractivity contribution in [3.63, 3.8) is 0 Å². The van der Waals surface area contributed by atoms with E-state index in [0.717, 1.165) is 5.76 Å². The molecule has 0 bridgehead atoms. The second-order valence-electron chi connectivity index (χ2n) is 3.70. The van der Waals surface area contributed by atoms with Gasteiger partial charge in [0.2, 0.25) is 0 Å². The third-order valence-corrected chi connectivity index (χ3v) is 2.90. The maximum atomic E-state index is 10.9. The normalized spacial score (nSPS) is 10.2. The zero-order valence-electron chi connectivity index (χ0n) is 10.1. The summed E-state index contributed by atoms with van der Waals surface area (Å²) in [6.45, 7) is 0.440. The van der Waals surface area contributed by atoms with Gasteiger partial charge in [0.25, 0.3) is 0 Å². The van der Waals surface area contributed by atoms with Gasteiger partial charge in [-0.05, 0) is 40.2 Å². The Kier molecular flexibility index (Phi) is 4.06. The van der Waals surface area contributed by atoms with Crippen molar-refractivity contribution < 1.29 is 14.1 Å². The minimum absolute atomic E-state index is 0.0758. The summed E-state index contributed by atoms with van der Waals surface area (Å²) in [6, 6.07) is 8.29. The van der Waals surface area contributed by atoms with Gasteiger partial charge in [0, 0.05) is 11.8 Å². The molecule has 1 N–H and O–H groups in total. The molecule has 0 unspecified atom stereocenters. The number of nitrogens with zero attached hydrogens (tertiary/aromatic N) is 1. The maximum absolute atomic E-state index is 10.9. The van der Waals surface area contributed by atoms with Gasteiger partial charge in [-0.1, -0.05) is 0 Å². The lowest BCUT2D eigenvalue weighted by atomic mass is 10.2. The van der Waals surface area contributed by atoms with E-state index >= 15 is 0 Å². The fourth-order valence-electron chi connectivity index (χ4n) is 1.58. The standard InChI is InChI=1S/C12H11BrN2O4/c1-18-11-4-2-8(6-10(11)15(16)17)14-7-9-3-5-12(13)19-9/h2-6,14H,7H2,1H3. The summed E-state index contributed by atoms with van der Waals surface area (Å²) in [4.78, 5) is 10.4. The third-order valence-electron chi connectivity index (χ3n) is 2.47. The number of benzene rings is 1. The lowest BCUT2D eigenvalue weighted by molar-refractivity contribution is -0.385. The lowest BCUT2D eigenvalue weighted by Crippen LogP contribution is -2.00. The second kappa shape index (κ2) is 5.75. The number of hydrogen-bond acceptors (Lipinski definition) is 5. The van der Waals surface area contributed by atoms with E-state index < -0.39 is 4.92 Å². The van der Waals surface area contributed by atoms with Crippen LogP contribution in [0.2, 0.25) is 0 Å². The molecule has 0 amide bonds. The lowest BCUT2D eigenvalue weighted by Gasteiger charge is -2.06. The van der Waals surface area contributed by atoms with Gasteiger partial charge < -0.3 is 14.5 Å². The highest BCUT2D eigenvalue weighted by molar-refractivity contribution is 9.10. The Hall–Kier alpha value is -2.02. The van der Waals surface area contributed by atoms with Gasteiger partial charge in [-0.15, -0.1) is 0 Å². The summed E-state index contributed by atoms with van der Waals surface area (Å²) in [5.74, 6) is 0.960. The van der Waals surface area contributed by atoms with Gasteiger partial charge in [0.15, 0.2) is 10.4 Å². The van der Waals surface area contributed by atoms with Crippen molar-refractivity contribution in [3.8, 4) is 5.75 Å². The molecule has 0 aliphatic carbocycles. The number of hydrogen-bond donors (Lipinski definition) is 1. The molecule has 100 valence electrons. The summed E-state index contributed by atoms with van der Waals surface area (Å²) < 4.78 is 10.9. The number of ether oxygens (including phenoxy) is 1. The van der Waals surface area contributed by atoms with Crippen LogP contribution in [-0.4, -0.2) is 12.0 Å². The fraction of sp³-hybridized carbons (Fsp3) is 0.167. The van der Waals surface area contributed by atoms with Gasteiger partial charge in [-0.3, -0.25) is 10.1 Å². The molecule has 0 fully saturated rings. The Morgan fingerprint density at radius 1 is 1.42 bits per heavy atom. The summed E-state index contributed by atoms with van der Waals surface area (Å²) in [6.07, 6.45) is 0. The number of nitro benzene ring substituents is 1. The van der Waals surface area contributed by atoms with Crippen molar-refractivity contribution in [1.29, 1.82) is 0 Å². The fourth-order valence-corrected chi connectivity index (χ4v) is 1.92. The van der Waals surface area contributed by atoms with Crippen LogP contribution in [0.4, 0.5) is 11.4 Å². The molecule has 7 heteroatoms. The number of nitro groups is 1. The van der Waals surface area contributed by atoms with Crippen molar-refractivity contribution in [2.45, 2.75) is 6.54 Å². The van der Waals surface area contributed by atoms with E-state index in [-0.39, 0.29) is 11.4 Å². The summed E-state index contributed by atoms with van der Waals surface area (Å²) in [7, 11) is 1.40. The molecule has 0 spiro atoms. The maximum Gasteiger partial charge on any atom is 0.312 e. The van der Waals surface area contributed by atoms with Crippen LogP contribution < -0.4 is 10.1 Å². The molecular weight excluding hydrogens is 316 g/mol. The first-order valence-corrected chi connectivity index (χ1v) is 6.20. The molecular formula is C12H11BrN2O4. The highest BCUT2D eigenvalue weighted by atomic mass is 79.9. The molecule has 2 aromatic rings. The summed E-state index contributed by atoms with van der Waals surface area (Å²) in [5, 5.41) is 13.9. The van der Waals surface area contributed by atoms with Crippen LogP contribution in [0.3, 0.4) is 0 Å². The van der Waals surface area contributed by atoms with Gasteiger partial charge in [0.05, 0.1) is 18.6 Å².